The molecule has 3 nitrogen and oxygen atoms in total. The minimum atomic E-state index is -3.86. The van der Waals surface area contributed by atoms with Crippen LogP contribution in [0.2, 0.25) is 0 Å². The van der Waals surface area contributed by atoms with E-state index in [1.807, 2.05) is 12.1 Å². The van der Waals surface area contributed by atoms with Crippen molar-refractivity contribution in [3.05, 3.63) is 78.4 Å². The molecule has 1 unspecified atom stereocenters. The molecule has 0 fully saturated rings. The third-order valence-corrected chi connectivity index (χ3v) is 5.21. The second kappa shape index (κ2) is 7.66. The van der Waals surface area contributed by atoms with Gasteiger partial charge in [0, 0.05) is 10.5 Å². The number of alkyl halides is 2. The van der Waals surface area contributed by atoms with E-state index in [9.17, 15) is 9.90 Å². The molecule has 0 aliphatic rings. The van der Waals surface area contributed by atoms with Crippen molar-refractivity contribution in [2.24, 2.45) is 0 Å². The average Bonchev–Trinajstić information content (AvgIpc) is 2.67. The first-order valence-corrected chi connectivity index (χ1v) is 9.21. The molecule has 3 aromatic rings. The number of thioether (sulfide) groups is 1. The van der Waals surface area contributed by atoms with Gasteiger partial charge in [-0.15, -0.1) is 0 Å². The van der Waals surface area contributed by atoms with Crippen molar-refractivity contribution in [2.75, 3.05) is 6.61 Å². The molecule has 0 heterocycles. The lowest BCUT2D eigenvalue weighted by Crippen LogP contribution is -2.50. The number of carbonyl (C=O) groups excluding carboxylic acids is 1. The Morgan fingerprint density at radius 2 is 1.63 bits per heavy atom. The zero-order chi connectivity index (χ0) is 19.5. The van der Waals surface area contributed by atoms with Crippen LogP contribution in [-0.2, 0) is 15.1 Å². The molecule has 0 saturated carbocycles. The maximum absolute atomic E-state index is 15.2. The summed E-state index contributed by atoms with van der Waals surface area (Å²) >= 11 is 0.123. The van der Waals surface area contributed by atoms with Gasteiger partial charge in [-0.2, -0.15) is 8.78 Å². The van der Waals surface area contributed by atoms with E-state index in [1.54, 1.807) is 36.4 Å². The molecule has 0 amide bonds. The molecule has 0 aliphatic heterocycles. The second-order valence-corrected chi connectivity index (χ2v) is 7.11. The average molecular weight is 388 g/mol. The van der Waals surface area contributed by atoms with Gasteiger partial charge in [-0.25, -0.2) is 4.79 Å². The van der Waals surface area contributed by atoms with Crippen LogP contribution in [0.25, 0.3) is 10.8 Å². The van der Waals surface area contributed by atoms with Crippen LogP contribution in [0, 0.1) is 0 Å². The number of halogens is 2. The first-order valence-electron chi connectivity index (χ1n) is 8.39. The van der Waals surface area contributed by atoms with Gasteiger partial charge in [0.15, 0.2) is 0 Å². The number of aliphatic hydroxyl groups is 1. The summed E-state index contributed by atoms with van der Waals surface area (Å²) in [5.74, 6) is -1.38. The molecule has 6 heteroatoms. The van der Waals surface area contributed by atoms with Gasteiger partial charge in [-0.3, -0.25) is 0 Å². The lowest BCUT2D eigenvalue weighted by Gasteiger charge is -2.33. The lowest BCUT2D eigenvalue weighted by molar-refractivity contribution is -0.191. The molecular formula is C21H18F2O3S. The third-order valence-electron chi connectivity index (χ3n) is 4.15. The van der Waals surface area contributed by atoms with E-state index < -0.39 is 16.8 Å². The Morgan fingerprint density at radius 3 is 2.30 bits per heavy atom. The van der Waals surface area contributed by atoms with E-state index in [0.717, 1.165) is 5.39 Å². The van der Waals surface area contributed by atoms with E-state index in [4.69, 9.17) is 4.74 Å². The van der Waals surface area contributed by atoms with Gasteiger partial charge in [0.05, 0.1) is 6.61 Å². The highest BCUT2D eigenvalue weighted by atomic mass is 32.2. The smallest absolute Gasteiger partial charge is 0.350 e. The van der Waals surface area contributed by atoms with Crippen LogP contribution in [0.3, 0.4) is 0 Å². The van der Waals surface area contributed by atoms with Gasteiger partial charge < -0.3 is 9.84 Å². The molecule has 140 valence electrons. The lowest BCUT2D eigenvalue weighted by atomic mass is 9.92. The van der Waals surface area contributed by atoms with Gasteiger partial charge in [0.2, 0.25) is 0 Å². The first kappa shape index (κ1) is 19.3. The maximum atomic E-state index is 15.2. The number of carbonyl (C=O) groups is 1. The van der Waals surface area contributed by atoms with Gasteiger partial charge in [0.1, 0.15) is 0 Å². The summed E-state index contributed by atoms with van der Waals surface area (Å²) in [4.78, 5) is 12.7. The second-order valence-electron chi connectivity index (χ2n) is 5.92. The fraction of sp³-hybridized carbons (Fsp3) is 0.190. The Labute approximate surface area is 160 Å². The summed E-state index contributed by atoms with van der Waals surface area (Å²) in [6.45, 7) is 1.38. The van der Waals surface area contributed by atoms with Crippen molar-refractivity contribution in [2.45, 2.75) is 22.7 Å². The molecule has 0 aliphatic carbocycles. The molecule has 1 atom stereocenters. The maximum Gasteiger partial charge on any atom is 0.350 e. The van der Waals surface area contributed by atoms with E-state index in [-0.39, 0.29) is 28.8 Å². The molecule has 3 rings (SSSR count). The van der Waals surface area contributed by atoms with Crippen LogP contribution in [0.15, 0.2) is 77.7 Å². The predicted molar refractivity (Wildman–Crippen MR) is 102 cm³/mol. The summed E-state index contributed by atoms with van der Waals surface area (Å²) in [7, 11) is 0. The zero-order valence-electron chi connectivity index (χ0n) is 14.6. The van der Waals surface area contributed by atoms with Crippen molar-refractivity contribution in [1.82, 2.24) is 0 Å². The summed E-state index contributed by atoms with van der Waals surface area (Å²) in [5.41, 5.74) is -3.35. The Kier molecular flexibility index (Phi) is 5.48. The summed E-state index contributed by atoms with van der Waals surface area (Å²) in [6, 6.07) is 19.3. The molecule has 0 radical (unpaired) electrons. The van der Waals surface area contributed by atoms with Crippen molar-refractivity contribution in [3.8, 4) is 0 Å². The molecule has 0 aromatic heterocycles. The Bertz CT molecular complexity index is 946. The van der Waals surface area contributed by atoms with Gasteiger partial charge in [-0.05, 0) is 47.7 Å². The van der Waals surface area contributed by atoms with E-state index in [1.165, 1.54) is 31.2 Å². The molecule has 27 heavy (non-hydrogen) atoms. The number of hydrogen-bond acceptors (Lipinski definition) is 4. The van der Waals surface area contributed by atoms with Gasteiger partial charge in [0.25, 0.3) is 5.60 Å². The van der Waals surface area contributed by atoms with E-state index in [2.05, 4.69) is 0 Å². The highest BCUT2D eigenvalue weighted by Gasteiger charge is 2.61. The first-order chi connectivity index (χ1) is 12.9. The highest BCUT2D eigenvalue weighted by molar-refractivity contribution is 8.00. The standard InChI is InChI=1S/C21H18F2O3S/c1-2-26-19(24)20(25,21(22,23)27-18-10-4-3-5-11-18)17-13-12-15-8-6-7-9-16(15)14-17/h3-14,25H,2H2,1H3. The number of rotatable bonds is 6. The quantitative estimate of drug-likeness (QED) is 0.478. The highest BCUT2D eigenvalue weighted by Crippen LogP contribution is 2.49. The SMILES string of the molecule is CCOC(=O)C(O)(c1ccc2ccccc2c1)C(F)(F)Sc1ccccc1. The molecule has 0 spiro atoms. The number of benzene rings is 3. The summed E-state index contributed by atoms with van der Waals surface area (Å²) in [5, 5.41) is 8.58. The Balaban J connectivity index is 2.11. The normalized spacial score (nSPS) is 13.9. The minimum Gasteiger partial charge on any atom is -0.463 e. The third kappa shape index (κ3) is 3.68. The van der Waals surface area contributed by atoms with Gasteiger partial charge >= 0.3 is 11.2 Å². The number of ether oxygens (including phenoxy) is 1. The molecule has 0 bridgehead atoms. The Morgan fingerprint density at radius 1 is 1.00 bits per heavy atom. The number of fused-ring (bicyclic) bond motifs is 1. The van der Waals surface area contributed by atoms with Gasteiger partial charge in [-0.1, -0.05) is 54.6 Å². The van der Waals surface area contributed by atoms with Crippen molar-refractivity contribution < 1.29 is 23.4 Å². The zero-order valence-corrected chi connectivity index (χ0v) is 15.4. The van der Waals surface area contributed by atoms with E-state index >= 15 is 8.78 Å². The van der Waals surface area contributed by atoms with Crippen LogP contribution in [0.4, 0.5) is 8.78 Å². The van der Waals surface area contributed by atoms with Crippen LogP contribution in [0.5, 0.6) is 0 Å². The van der Waals surface area contributed by atoms with Crippen molar-refractivity contribution >= 4 is 28.5 Å². The number of esters is 1. The number of hydrogen-bond donors (Lipinski definition) is 1. The fourth-order valence-electron chi connectivity index (χ4n) is 2.77. The minimum absolute atomic E-state index is 0.123. The van der Waals surface area contributed by atoms with Crippen LogP contribution in [-0.4, -0.2) is 22.9 Å². The monoisotopic (exact) mass is 388 g/mol. The molecule has 1 N–H and O–H groups in total. The van der Waals surface area contributed by atoms with E-state index in [0.29, 0.717) is 5.39 Å². The van der Waals surface area contributed by atoms with Crippen LogP contribution in [0.1, 0.15) is 12.5 Å². The molecule has 0 saturated heterocycles. The largest absolute Gasteiger partial charge is 0.463 e. The summed E-state index contributed by atoms with van der Waals surface area (Å²) < 4.78 is 35.3. The van der Waals surface area contributed by atoms with Crippen LogP contribution >= 0.6 is 11.8 Å². The molecular weight excluding hydrogens is 370 g/mol. The topological polar surface area (TPSA) is 46.5 Å². The fourth-order valence-corrected chi connectivity index (χ4v) is 3.70. The van der Waals surface area contributed by atoms with Crippen molar-refractivity contribution in [1.29, 1.82) is 0 Å². The van der Waals surface area contributed by atoms with Crippen molar-refractivity contribution in [3.63, 3.8) is 0 Å². The molecule has 3 aromatic carbocycles. The van der Waals surface area contributed by atoms with Crippen LogP contribution < -0.4 is 0 Å². The predicted octanol–water partition coefficient (Wildman–Crippen LogP) is 4.98. The summed E-state index contributed by atoms with van der Waals surface area (Å²) in [6.07, 6.45) is 0. The Hall–Kier alpha value is -2.44.